The molecule has 0 unspecified atom stereocenters. The third kappa shape index (κ3) is 7.54. The smallest absolute Gasteiger partial charge is 0.261 e. The first-order valence-corrected chi connectivity index (χ1v) is 11.6. The van der Waals surface area contributed by atoms with E-state index in [-0.39, 0.29) is 18.4 Å². The first-order chi connectivity index (χ1) is 14.7. The second kappa shape index (κ2) is 12.1. The van der Waals surface area contributed by atoms with Crippen molar-refractivity contribution in [2.45, 2.75) is 46.7 Å². The summed E-state index contributed by atoms with van der Waals surface area (Å²) >= 11 is 9.56. The van der Waals surface area contributed by atoms with Crippen molar-refractivity contribution in [3.8, 4) is 5.75 Å². The highest BCUT2D eigenvalue weighted by Gasteiger charge is 2.29. The standard InChI is InChI=1S/C24H30BrClN2O3/c1-5-21(24(30)27-13-16(2)3)28(14-18-9-7-6-8-17(18)4)23(29)15-31-22-11-10-19(25)12-20(22)26/h6-12,16,21H,5,13-15H2,1-4H3,(H,27,30)/t21-/m0/s1. The number of rotatable bonds is 10. The molecule has 0 aromatic heterocycles. The van der Waals surface area contributed by atoms with Crippen LogP contribution in [-0.4, -0.2) is 35.9 Å². The molecule has 2 aromatic rings. The Morgan fingerprint density at radius 1 is 1.19 bits per heavy atom. The van der Waals surface area contributed by atoms with E-state index in [1.54, 1.807) is 23.1 Å². The lowest BCUT2D eigenvalue weighted by atomic mass is 10.1. The summed E-state index contributed by atoms with van der Waals surface area (Å²) in [7, 11) is 0. The van der Waals surface area contributed by atoms with Crippen LogP contribution in [-0.2, 0) is 16.1 Å². The normalized spacial score (nSPS) is 11.8. The molecule has 0 spiro atoms. The molecule has 7 heteroatoms. The lowest BCUT2D eigenvalue weighted by molar-refractivity contribution is -0.143. The zero-order chi connectivity index (χ0) is 23.0. The van der Waals surface area contributed by atoms with Crippen molar-refractivity contribution in [1.29, 1.82) is 0 Å². The quantitative estimate of drug-likeness (QED) is 0.468. The van der Waals surface area contributed by atoms with Crippen LogP contribution >= 0.6 is 27.5 Å². The third-order valence-electron chi connectivity index (χ3n) is 4.92. The lowest BCUT2D eigenvalue weighted by Gasteiger charge is -2.31. The number of nitrogens with zero attached hydrogens (tertiary/aromatic N) is 1. The van der Waals surface area contributed by atoms with Gasteiger partial charge in [-0.3, -0.25) is 9.59 Å². The molecular weight excluding hydrogens is 480 g/mol. The van der Waals surface area contributed by atoms with Crippen LogP contribution in [0.15, 0.2) is 46.9 Å². The molecule has 0 saturated carbocycles. The molecule has 168 valence electrons. The van der Waals surface area contributed by atoms with Crippen LogP contribution in [0.3, 0.4) is 0 Å². The Kier molecular flexibility index (Phi) is 9.85. The predicted molar refractivity (Wildman–Crippen MR) is 128 cm³/mol. The second-order valence-electron chi connectivity index (χ2n) is 7.87. The fourth-order valence-electron chi connectivity index (χ4n) is 3.13. The van der Waals surface area contributed by atoms with Crippen LogP contribution in [0.5, 0.6) is 5.75 Å². The van der Waals surface area contributed by atoms with Gasteiger partial charge in [-0.25, -0.2) is 0 Å². The van der Waals surface area contributed by atoms with E-state index in [4.69, 9.17) is 16.3 Å². The van der Waals surface area contributed by atoms with Gasteiger partial charge in [0.1, 0.15) is 11.8 Å². The van der Waals surface area contributed by atoms with Crippen molar-refractivity contribution in [2.24, 2.45) is 5.92 Å². The number of ether oxygens (including phenoxy) is 1. The molecule has 0 aliphatic carbocycles. The van der Waals surface area contributed by atoms with Crippen LogP contribution in [0.25, 0.3) is 0 Å². The minimum Gasteiger partial charge on any atom is -0.482 e. The summed E-state index contributed by atoms with van der Waals surface area (Å²) < 4.78 is 6.52. The van der Waals surface area contributed by atoms with E-state index in [2.05, 4.69) is 21.2 Å². The molecule has 1 N–H and O–H groups in total. The Balaban J connectivity index is 2.23. The summed E-state index contributed by atoms with van der Waals surface area (Å²) in [5.41, 5.74) is 2.06. The molecule has 2 rings (SSSR count). The Bertz CT molecular complexity index is 904. The van der Waals surface area contributed by atoms with Crippen molar-refractivity contribution in [1.82, 2.24) is 10.2 Å². The SMILES string of the molecule is CC[C@@H](C(=O)NCC(C)C)N(Cc1ccccc1C)C(=O)COc1ccc(Br)cc1Cl. The monoisotopic (exact) mass is 508 g/mol. The van der Waals surface area contributed by atoms with Gasteiger partial charge in [-0.15, -0.1) is 0 Å². The molecule has 0 aliphatic heterocycles. The Hall–Kier alpha value is -2.05. The number of hydrogen-bond donors (Lipinski definition) is 1. The Labute approximate surface area is 198 Å². The summed E-state index contributed by atoms with van der Waals surface area (Å²) in [6.07, 6.45) is 0.501. The van der Waals surface area contributed by atoms with Crippen LogP contribution in [0.1, 0.15) is 38.3 Å². The lowest BCUT2D eigenvalue weighted by Crippen LogP contribution is -2.50. The summed E-state index contributed by atoms with van der Waals surface area (Å²) in [6, 6.07) is 12.5. The molecule has 0 radical (unpaired) electrons. The van der Waals surface area contributed by atoms with Gasteiger partial charge in [0.15, 0.2) is 6.61 Å². The highest BCUT2D eigenvalue weighted by molar-refractivity contribution is 9.10. The van der Waals surface area contributed by atoms with Crippen molar-refractivity contribution in [2.75, 3.05) is 13.2 Å². The maximum atomic E-state index is 13.2. The molecule has 5 nitrogen and oxygen atoms in total. The van der Waals surface area contributed by atoms with Gasteiger partial charge in [-0.05, 0) is 48.6 Å². The number of carbonyl (C=O) groups excluding carboxylic acids is 2. The van der Waals surface area contributed by atoms with Crippen molar-refractivity contribution >= 4 is 39.3 Å². The minimum absolute atomic E-state index is 0.153. The minimum atomic E-state index is -0.588. The summed E-state index contributed by atoms with van der Waals surface area (Å²) in [5, 5.41) is 3.37. The number of carbonyl (C=O) groups is 2. The van der Waals surface area contributed by atoms with Gasteiger partial charge in [-0.1, -0.05) is 72.6 Å². The summed E-state index contributed by atoms with van der Waals surface area (Å²) in [4.78, 5) is 27.7. The average molecular weight is 510 g/mol. The number of benzene rings is 2. The van der Waals surface area contributed by atoms with Crippen molar-refractivity contribution < 1.29 is 14.3 Å². The average Bonchev–Trinajstić information content (AvgIpc) is 2.72. The maximum absolute atomic E-state index is 13.2. The highest BCUT2D eigenvalue weighted by Crippen LogP contribution is 2.28. The van der Waals surface area contributed by atoms with E-state index in [0.29, 0.717) is 36.2 Å². The number of hydrogen-bond acceptors (Lipinski definition) is 3. The van der Waals surface area contributed by atoms with Gasteiger partial charge in [0, 0.05) is 17.6 Å². The molecule has 2 amide bonds. The van der Waals surface area contributed by atoms with Crippen LogP contribution < -0.4 is 10.1 Å². The fourth-order valence-corrected chi connectivity index (χ4v) is 3.86. The largest absolute Gasteiger partial charge is 0.482 e. The Morgan fingerprint density at radius 3 is 2.52 bits per heavy atom. The molecule has 1 atom stereocenters. The fraction of sp³-hybridized carbons (Fsp3) is 0.417. The number of halogens is 2. The number of nitrogens with one attached hydrogen (secondary N) is 1. The van der Waals surface area contributed by atoms with E-state index in [9.17, 15) is 9.59 Å². The molecule has 31 heavy (non-hydrogen) atoms. The molecule has 0 saturated heterocycles. The van der Waals surface area contributed by atoms with E-state index >= 15 is 0 Å². The second-order valence-corrected chi connectivity index (χ2v) is 9.20. The maximum Gasteiger partial charge on any atom is 0.261 e. The van der Waals surface area contributed by atoms with Crippen LogP contribution in [0, 0.1) is 12.8 Å². The van der Waals surface area contributed by atoms with Gasteiger partial charge in [0.2, 0.25) is 5.91 Å². The first kappa shape index (κ1) is 25.2. The van der Waals surface area contributed by atoms with E-state index in [1.165, 1.54) is 0 Å². The molecular formula is C24H30BrClN2O3. The predicted octanol–water partition coefficient (Wildman–Crippen LogP) is 5.37. The Morgan fingerprint density at radius 2 is 1.90 bits per heavy atom. The highest BCUT2D eigenvalue weighted by atomic mass is 79.9. The van der Waals surface area contributed by atoms with Crippen molar-refractivity contribution in [3.63, 3.8) is 0 Å². The zero-order valence-electron chi connectivity index (χ0n) is 18.5. The molecule has 0 fully saturated rings. The van der Waals surface area contributed by atoms with Gasteiger partial charge in [0.25, 0.3) is 5.91 Å². The third-order valence-corrected chi connectivity index (χ3v) is 5.71. The van der Waals surface area contributed by atoms with E-state index in [0.717, 1.165) is 15.6 Å². The molecule has 0 heterocycles. The van der Waals surface area contributed by atoms with E-state index < -0.39 is 6.04 Å². The number of aryl methyl sites for hydroxylation is 1. The van der Waals surface area contributed by atoms with Gasteiger partial charge in [0.05, 0.1) is 5.02 Å². The van der Waals surface area contributed by atoms with Gasteiger partial charge < -0.3 is 15.0 Å². The zero-order valence-corrected chi connectivity index (χ0v) is 20.8. The van der Waals surface area contributed by atoms with Crippen LogP contribution in [0.4, 0.5) is 0 Å². The molecule has 2 aromatic carbocycles. The van der Waals surface area contributed by atoms with Crippen LogP contribution in [0.2, 0.25) is 5.02 Å². The summed E-state index contributed by atoms with van der Waals surface area (Å²) in [6.45, 7) is 8.66. The van der Waals surface area contributed by atoms with Gasteiger partial charge >= 0.3 is 0 Å². The van der Waals surface area contributed by atoms with Crippen molar-refractivity contribution in [3.05, 3.63) is 63.1 Å². The van der Waals surface area contributed by atoms with Gasteiger partial charge in [-0.2, -0.15) is 0 Å². The first-order valence-electron chi connectivity index (χ1n) is 10.4. The van der Waals surface area contributed by atoms with E-state index in [1.807, 2.05) is 52.0 Å². The molecule has 0 aliphatic rings. The number of amides is 2. The summed E-state index contributed by atoms with van der Waals surface area (Å²) in [5.74, 6) is 0.324. The molecule has 0 bridgehead atoms. The topological polar surface area (TPSA) is 58.6 Å².